The molecule has 1 N–H and O–H groups in total. The summed E-state index contributed by atoms with van der Waals surface area (Å²) in [7, 11) is 3.90. The van der Waals surface area contributed by atoms with E-state index in [1.54, 1.807) is 6.07 Å². The van der Waals surface area contributed by atoms with E-state index in [9.17, 15) is 14.7 Å². The molecule has 7 heteroatoms. The van der Waals surface area contributed by atoms with Crippen LogP contribution < -0.4 is 14.4 Å². The second-order valence-corrected chi connectivity index (χ2v) is 11.4. The summed E-state index contributed by atoms with van der Waals surface area (Å²) in [6.07, 6.45) is 0. The quantitative estimate of drug-likeness (QED) is 0.261. The Morgan fingerprint density at radius 3 is 2.33 bits per heavy atom. The van der Waals surface area contributed by atoms with E-state index in [1.165, 1.54) is 4.90 Å². The molecule has 1 unspecified atom stereocenters. The molecule has 1 fully saturated rings. The highest BCUT2D eigenvalue weighted by atomic mass is 16.7. The third kappa shape index (κ3) is 4.85. The molecule has 5 rings (SSSR count). The number of anilines is 1. The Hall–Kier alpha value is -4.26. The van der Waals surface area contributed by atoms with Crippen LogP contribution in [0.2, 0.25) is 0 Å². The molecule has 39 heavy (non-hydrogen) atoms. The molecular weight excluding hydrogens is 492 g/mol. The summed E-state index contributed by atoms with van der Waals surface area (Å²) in [5, 5.41) is 11.7. The van der Waals surface area contributed by atoms with Crippen LogP contribution in [0.4, 0.5) is 5.69 Å². The van der Waals surface area contributed by atoms with E-state index in [0.717, 1.165) is 27.9 Å². The van der Waals surface area contributed by atoms with Gasteiger partial charge in [0, 0.05) is 31.9 Å². The predicted octanol–water partition coefficient (Wildman–Crippen LogP) is 5.71. The third-order valence-corrected chi connectivity index (χ3v) is 7.41. The standard InChI is InChI=1S/C32H34N2O5/c1-19-7-11-22(32(2,3)4)16-24(19)29(35)27-28(21-9-12-23(13-10-21)33(5)6)34(31(37)30(27)36)17-20-8-14-25-26(15-20)39-18-38-25/h7-16,28,35H,17-18H2,1-6H3/b29-27+. The number of amides is 1. The number of hydrogen-bond acceptors (Lipinski definition) is 6. The lowest BCUT2D eigenvalue weighted by Crippen LogP contribution is -2.29. The molecule has 1 atom stereocenters. The van der Waals surface area contributed by atoms with Crippen molar-refractivity contribution in [2.45, 2.75) is 45.7 Å². The summed E-state index contributed by atoms with van der Waals surface area (Å²) in [5.41, 5.74) is 4.86. The van der Waals surface area contributed by atoms with Crippen LogP contribution in [-0.4, -0.2) is 42.6 Å². The largest absolute Gasteiger partial charge is 0.507 e. The first kappa shape index (κ1) is 26.4. The first-order valence-corrected chi connectivity index (χ1v) is 13.0. The SMILES string of the molecule is Cc1ccc(C(C)(C)C)cc1/C(O)=C1\C(=O)C(=O)N(Cc2ccc3c(c2)OCO3)C1c1ccc(N(C)C)cc1. The predicted molar refractivity (Wildman–Crippen MR) is 151 cm³/mol. The summed E-state index contributed by atoms with van der Waals surface area (Å²) in [4.78, 5) is 30.6. The topological polar surface area (TPSA) is 79.3 Å². The van der Waals surface area contributed by atoms with Gasteiger partial charge in [-0.15, -0.1) is 0 Å². The molecule has 0 saturated carbocycles. The molecule has 3 aromatic carbocycles. The maximum absolute atomic E-state index is 13.6. The molecular formula is C32H34N2O5. The van der Waals surface area contributed by atoms with Gasteiger partial charge >= 0.3 is 0 Å². The monoisotopic (exact) mass is 526 g/mol. The van der Waals surface area contributed by atoms with E-state index < -0.39 is 17.7 Å². The van der Waals surface area contributed by atoms with E-state index in [1.807, 2.05) is 80.5 Å². The highest BCUT2D eigenvalue weighted by molar-refractivity contribution is 6.46. The van der Waals surface area contributed by atoms with Crippen LogP contribution in [0.3, 0.4) is 0 Å². The number of rotatable bonds is 5. The van der Waals surface area contributed by atoms with E-state index in [-0.39, 0.29) is 30.1 Å². The van der Waals surface area contributed by atoms with Gasteiger partial charge in [0.15, 0.2) is 11.5 Å². The number of carbonyl (C=O) groups is 2. The molecule has 3 aromatic rings. The van der Waals surface area contributed by atoms with Crippen LogP contribution in [0, 0.1) is 6.92 Å². The number of aliphatic hydroxyl groups is 1. The van der Waals surface area contributed by atoms with Gasteiger partial charge < -0.3 is 24.4 Å². The average Bonchev–Trinajstić information content (AvgIpc) is 3.46. The number of aryl methyl sites for hydroxylation is 1. The van der Waals surface area contributed by atoms with Crippen molar-refractivity contribution in [2.24, 2.45) is 0 Å². The van der Waals surface area contributed by atoms with E-state index in [4.69, 9.17) is 9.47 Å². The molecule has 0 spiro atoms. The Morgan fingerprint density at radius 1 is 0.974 bits per heavy atom. The molecule has 7 nitrogen and oxygen atoms in total. The van der Waals surface area contributed by atoms with Crippen LogP contribution in [0.25, 0.3) is 5.76 Å². The number of hydrogen-bond donors (Lipinski definition) is 1. The fraction of sp³-hybridized carbons (Fsp3) is 0.312. The van der Waals surface area contributed by atoms with Gasteiger partial charge in [-0.25, -0.2) is 0 Å². The molecule has 0 aromatic heterocycles. The molecule has 2 heterocycles. The van der Waals surface area contributed by atoms with Crippen molar-refractivity contribution in [1.29, 1.82) is 0 Å². The summed E-state index contributed by atoms with van der Waals surface area (Å²) < 4.78 is 10.9. The molecule has 2 aliphatic heterocycles. The lowest BCUT2D eigenvalue weighted by atomic mass is 9.84. The fourth-order valence-electron chi connectivity index (χ4n) is 5.07. The van der Waals surface area contributed by atoms with E-state index in [2.05, 4.69) is 20.8 Å². The second kappa shape index (κ2) is 9.80. The number of ketones is 1. The number of ether oxygens (including phenoxy) is 2. The van der Waals surface area contributed by atoms with Crippen LogP contribution in [0.1, 0.15) is 54.6 Å². The van der Waals surface area contributed by atoms with Crippen LogP contribution in [0.5, 0.6) is 11.5 Å². The lowest BCUT2D eigenvalue weighted by molar-refractivity contribution is -0.140. The average molecular weight is 527 g/mol. The Morgan fingerprint density at radius 2 is 1.67 bits per heavy atom. The number of carbonyl (C=O) groups excluding carboxylic acids is 2. The van der Waals surface area contributed by atoms with E-state index in [0.29, 0.717) is 17.1 Å². The zero-order valence-corrected chi connectivity index (χ0v) is 23.2. The number of Topliss-reactive ketones (excluding diaryl/α,β-unsaturated/α-hetero) is 1. The number of benzene rings is 3. The lowest BCUT2D eigenvalue weighted by Gasteiger charge is -2.26. The normalized spacial score (nSPS) is 18.1. The summed E-state index contributed by atoms with van der Waals surface area (Å²) >= 11 is 0. The molecule has 0 radical (unpaired) electrons. The molecule has 0 aliphatic carbocycles. The molecule has 1 amide bonds. The summed E-state index contributed by atoms with van der Waals surface area (Å²) in [6, 6.07) is 18.3. The van der Waals surface area contributed by atoms with E-state index >= 15 is 0 Å². The van der Waals surface area contributed by atoms with Crippen molar-refractivity contribution in [3.8, 4) is 11.5 Å². The first-order valence-electron chi connectivity index (χ1n) is 13.0. The molecule has 1 saturated heterocycles. The van der Waals surface area contributed by atoms with Crippen molar-refractivity contribution >= 4 is 23.1 Å². The number of nitrogens with zero attached hydrogens (tertiary/aromatic N) is 2. The van der Waals surface area contributed by atoms with Crippen molar-refractivity contribution in [3.05, 3.63) is 94.1 Å². The summed E-state index contributed by atoms with van der Waals surface area (Å²) in [6.45, 7) is 8.49. The third-order valence-electron chi connectivity index (χ3n) is 7.41. The van der Waals surface area contributed by atoms with Gasteiger partial charge in [0.2, 0.25) is 6.79 Å². The smallest absolute Gasteiger partial charge is 0.295 e. The number of aliphatic hydroxyl groups excluding tert-OH is 1. The van der Waals surface area contributed by atoms with Crippen molar-refractivity contribution in [3.63, 3.8) is 0 Å². The van der Waals surface area contributed by atoms with Gasteiger partial charge in [0.1, 0.15) is 5.76 Å². The van der Waals surface area contributed by atoms with Gasteiger partial charge in [-0.3, -0.25) is 9.59 Å². The van der Waals surface area contributed by atoms with Crippen molar-refractivity contribution < 1.29 is 24.2 Å². The van der Waals surface area contributed by atoms with Gasteiger partial charge in [0.25, 0.3) is 11.7 Å². The Balaban J connectivity index is 1.65. The highest BCUT2D eigenvalue weighted by Crippen LogP contribution is 2.42. The molecule has 0 bridgehead atoms. The zero-order chi connectivity index (χ0) is 28.1. The maximum atomic E-state index is 13.6. The van der Waals surface area contributed by atoms with Crippen LogP contribution in [-0.2, 0) is 21.5 Å². The van der Waals surface area contributed by atoms with Crippen molar-refractivity contribution in [1.82, 2.24) is 4.90 Å². The van der Waals surface area contributed by atoms with Gasteiger partial charge in [-0.1, -0.05) is 51.1 Å². The van der Waals surface area contributed by atoms with Crippen LogP contribution in [0.15, 0.2) is 66.2 Å². The minimum absolute atomic E-state index is 0.0903. The first-order chi connectivity index (χ1) is 18.5. The second-order valence-electron chi connectivity index (χ2n) is 11.4. The molecule has 202 valence electrons. The number of fused-ring (bicyclic) bond motifs is 1. The summed E-state index contributed by atoms with van der Waals surface area (Å²) in [5.74, 6) is -0.265. The van der Waals surface area contributed by atoms with Gasteiger partial charge in [-0.2, -0.15) is 0 Å². The molecule has 2 aliphatic rings. The minimum Gasteiger partial charge on any atom is -0.507 e. The number of likely N-dealkylation sites (tertiary alicyclic amines) is 1. The highest BCUT2D eigenvalue weighted by Gasteiger charge is 2.46. The van der Waals surface area contributed by atoms with Crippen molar-refractivity contribution in [2.75, 3.05) is 25.8 Å². The zero-order valence-electron chi connectivity index (χ0n) is 23.2. The van der Waals surface area contributed by atoms with Gasteiger partial charge in [-0.05, 0) is 64.9 Å². The maximum Gasteiger partial charge on any atom is 0.295 e. The Labute approximate surface area is 229 Å². The Kier molecular flexibility index (Phi) is 6.62. The van der Waals surface area contributed by atoms with Gasteiger partial charge in [0.05, 0.1) is 11.6 Å². The minimum atomic E-state index is -0.760. The van der Waals surface area contributed by atoms with Crippen LogP contribution >= 0.6 is 0 Å². The fourth-order valence-corrected chi connectivity index (χ4v) is 5.07. The Bertz CT molecular complexity index is 1480.